The summed E-state index contributed by atoms with van der Waals surface area (Å²) in [4.78, 5) is 3.77. The van der Waals surface area contributed by atoms with Crippen molar-refractivity contribution in [3.8, 4) is 5.75 Å². The minimum absolute atomic E-state index is 0.198. The lowest BCUT2D eigenvalue weighted by Crippen LogP contribution is -2.31. The first kappa shape index (κ1) is 18.1. The average Bonchev–Trinajstić information content (AvgIpc) is 3.00. The third-order valence-electron chi connectivity index (χ3n) is 5.95. The van der Waals surface area contributed by atoms with Crippen LogP contribution in [-0.2, 0) is 6.42 Å². The highest BCUT2D eigenvalue weighted by Crippen LogP contribution is 2.39. The molecule has 3 heteroatoms. The van der Waals surface area contributed by atoms with Crippen molar-refractivity contribution in [3.63, 3.8) is 0 Å². The van der Waals surface area contributed by atoms with E-state index in [-0.39, 0.29) is 6.04 Å². The van der Waals surface area contributed by atoms with Gasteiger partial charge in [0, 0.05) is 23.1 Å². The van der Waals surface area contributed by atoms with Gasteiger partial charge < -0.3 is 15.0 Å². The maximum atomic E-state index is 5.65. The summed E-state index contributed by atoms with van der Waals surface area (Å²) in [6.07, 6.45) is 1.07. The smallest absolute Gasteiger partial charge is 0.122 e. The second-order valence-electron chi connectivity index (χ2n) is 8.26. The SMILES string of the molecule is COc1cc(C)c(C2NCCc3c2[nH]c2c(C)cc(C)cc32)cc1C(C)C. The summed E-state index contributed by atoms with van der Waals surface area (Å²) in [7, 11) is 1.76. The minimum atomic E-state index is 0.198. The Hall–Kier alpha value is -2.26. The van der Waals surface area contributed by atoms with E-state index < -0.39 is 0 Å². The van der Waals surface area contributed by atoms with Crippen LogP contribution in [0.1, 0.15) is 64.9 Å². The maximum Gasteiger partial charge on any atom is 0.122 e. The first-order valence-corrected chi connectivity index (χ1v) is 9.94. The molecule has 27 heavy (non-hydrogen) atoms. The highest BCUT2D eigenvalue weighted by Gasteiger charge is 2.28. The summed E-state index contributed by atoms with van der Waals surface area (Å²) in [5, 5.41) is 5.15. The van der Waals surface area contributed by atoms with Crippen molar-refractivity contribution in [2.24, 2.45) is 0 Å². The zero-order chi connectivity index (χ0) is 19.3. The fourth-order valence-electron chi connectivity index (χ4n) is 4.61. The van der Waals surface area contributed by atoms with E-state index in [4.69, 9.17) is 4.74 Å². The predicted molar refractivity (Wildman–Crippen MR) is 113 cm³/mol. The maximum absolute atomic E-state index is 5.65. The van der Waals surface area contributed by atoms with Gasteiger partial charge in [-0.15, -0.1) is 0 Å². The number of hydrogen-bond acceptors (Lipinski definition) is 2. The molecule has 0 spiro atoms. The Balaban J connectivity index is 1.91. The normalized spacial score (nSPS) is 16.8. The summed E-state index contributed by atoms with van der Waals surface area (Å²) in [6.45, 7) is 12.0. The lowest BCUT2D eigenvalue weighted by Gasteiger charge is -2.27. The van der Waals surface area contributed by atoms with Crippen molar-refractivity contribution in [3.05, 3.63) is 63.3 Å². The molecule has 1 aliphatic rings. The second-order valence-corrected chi connectivity index (χ2v) is 8.26. The van der Waals surface area contributed by atoms with Crippen LogP contribution in [-0.4, -0.2) is 18.6 Å². The van der Waals surface area contributed by atoms with Gasteiger partial charge in [-0.05, 0) is 79.1 Å². The van der Waals surface area contributed by atoms with E-state index >= 15 is 0 Å². The van der Waals surface area contributed by atoms with Gasteiger partial charge >= 0.3 is 0 Å². The third kappa shape index (κ3) is 2.94. The first-order chi connectivity index (χ1) is 12.9. The number of rotatable bonds is 3. The van der Waals surface area contributed by atoms with Crippen LogP contribution in [0, 0.1) is 20.8 Å². The molecule has 0 saturated carbocycles. The van der Waals surface area contributed by atoms with E-state index in [0.29, 0.717) is 5.92 Å². The zero-order valence-electron chi connectivity index (χ0n) is 17.3. The predicted octanol–water partition coefficient (Wildman–Crippen LogP) is 5.46. The van der Waals surface area contributed by atoms with Crippen LogP contribution in [0.25, 0.3) is 10.9 Å². The Morgan fingerprint density at radius 3 is 2.52 bits per heavy atom. The van der Waals surface area contributed by atoms with Gasteiger partial charge in [0.1, 0.15) is 5.75 Å². The largest absolute Gasteiger partial charge is 0.496 e. The third-order valence-corrected chi connectivity index (χ3v) is 5.95. The molecule has 0 bridgehead atoms. The van der Waals surface area contributed by atoms with E-state index in [1.807, 2.05) is 0 Å². The quantitative estimate of drug-likeness (QED) is 0.649. The molecule has 3 aromatic rings. The van der Waals surface area contributed by atoms with Gasteiger partial charge in [-0.1, -0.05) is 25.5 Å². The molecular weight excluding hydrogens is 332 g/mol. The molecule has 0 fully saturated rings. The molecule has 1 atom stereocenters. The van der Waals surface area contributed by atoms with Gasteiger partial charge in [0.15, 0.2) is 0 Å². The molecule has 0 amide bonds. The molecular formula is C24H30N2O. The van der Waals surface area contributed by atoms with Crippen LogP contribution in [0.15, 0.2) is 24.3 Å². The lowest BCUT2D eigenvalue weighted by atomic mass is 9.88. The Labute approximate surface area is 162 Å². The summed E-state index contributed by atoms with van der Waals surface area (Å²) >= 11 is 0. The number of hydrogen-bond donors (Lipinski definition) is 2. The molecule has 0 radical (unpaired) electrons. The fraction of sp³-hybridized carbons (Fsp3) is 0.417. The van der Waals surface area contributed by atoms with Crippen LogP contribution in [0.4, 0.5) is 0 Å². The van der Waals surface area contributed by atoms with Crippen molar-refractivity contribution in [2.45, 2.75) is 53.0 Å². The zero-order valence-corrected chi connectivity index (χ0v) is 17.3. The molecule has 2 aromatic carbocycles. The summed E-state index contributed by atoms with van der Waals surface area (Å²) in [5.74, 6) is 1.42. The standard InChI is InChI=1S/C24H30N2O/c1-13(2)18-12-19(15(4)11-21(18)27-6)23-24-17(7-8-25-23)20-10-14(3)9-16(5)22(20)26-24/h9-13,23,25-26H,7-8H2,1-6H3. The Bertz CT molecular complexity index is 1010. The Morgan fingerprint density at radius 1 is 1.04 bits per heavy atom. The molecule has 0 saturated heterocycles. The topological polar surface area (TPSA) is 37.0 Å². The fourth-order valence-corrected chi connectivity index (χ4v) is 4.61. The van der Waals surface area contributed by atoms with E-state index in [9.17, 15) is 0 Å². The lowest BCUT2D eigenvalue weighted by molar-refractivity contribution is 0.406. The van der Waals surface area contributed by atoms with Crippen molar-refractivity contribution >= 4 is 10.9 Å². The van der Waals surface area contributed by atoms with E-state index in [0.717, 1.165) is 18.7 Å². The van der Waals surface area contributed by atoms with Gasteiger partial charge in [0.25, 0.3) is 0 Å². The molecule has 1 unspecified atom stereocenters. The number of aromatic nitrogens is 1. The number of benzene rings is 2. The van der Waals surface area contributed by atoms with Crippen molar-refractivity contribution < 1.29 is 4.74 Å². The van der Waals surface area contributed by atoms with Crippen LogP contribution in [0.3, 0.4) is 0 Å². The first-order valence-electron chi connectivity index (χ1n) is 9.94. The highest BCUT2D eigenvalue weighted by atomic mass is 16.5. The number of methoxy groups -OCH3 is 1. The van der Waals surface area contributed by atoms with Crippen LogP contribution >= 0.6 is 0 Å². The minimum Gasteiger partial charge on any atom is -0.496 e. The molecule has 2 N–H and O–H groups in total. The number of nitrogens with one attached hydrogen (secondary N) is 2. The molecule has 2 heterocycles. The van der Waals surface area contributed by atoms with Crippen molar-refractivity contribution in [2.75, 3.05) is 13.7 Å². The van der Waals surface area contributed by atoms with E-state index in [2.05, 4.69) is 69.2 Å². The van der Waals surface area contributed by atoms with E-state index in [1.54, 1.807) is 7.11 Å². The number of aryl methyl sites for hydroxylation is 3. The molecule has 0 aliphatic carbocycles. The van der Waals surface area contributed by atoms with Crippen molar-refractivity contribution in [1.29, 1.82) is 0 Å². The number of fused-ring (bicyclic) bond motifs is 3. The number of H-pyrrole nitrogens is 1. The van der Waals surface area contributed by atoms with Crippen LogP contribution in [0.5, 0.6) is 5.75 Å². The molecule has 3 nitrogen and oxygen atoms in total. The van der Waals surface area contributed by atoms with Gasteiger partial charge in [-0.3, -0.25) is 0 Å². The second kappa shape index (κ2) is 6.72. The summed E-state index contributed by atoms with van der Waals surface area (Å²) < 4.78 is 5.65. The number of ether oxygens (including phenoxy) is 1. The van der Waals surface area contributed by atoms with Gasteiger partial charge in [0.05, 0.1) is 13.2 Å². The van der Waals surface area contributed by atoms with Gasteiger partial charge in [-0.25, -0.2) is 0 Å². The highest BCUT2D eigenvalue weighted by molar-refractivity contribution is 5.88. The molecule has 1 aliphatic heterocycles. The van der Waals surface area contributed by atoms with E-state index in [1.165, 1.54) is 50.0 Å². The molecule has 4 rings (SSSR count). The Kier molecular flexibility index (Phi) is 4.51. The summed E-state index contributed by atoms with van der Waals surface area (Å²) in [6, 6.07) is 9.33. The van der Waals surface area contributed by atoms with Crippen molar-refractivity contribution in [1.82, 2.24) is 10.3 Å². The Morgan fingerprint density at radius 2 is 1.81 bits per heavy atom. The molecule has 142 valence electrons. The van der Waals surface area contributed by atoms with Crippen LogP contribution in [0.2, 0.25) is 0 Å². The average molecular weight is 363 g/mol. The van der Waals surface area contributed by atoms with Gasteiger partial charge in [-0.2, -0.15) is 0 Å². The van der Waals surface area contributed by atoms with Crippen LogP contribution < -0.4 is 10.1 Å². The monoisotopic (exact) mass is 362 g/mol. The summed E-state index contributed by atoms with van der Waals surface area (Å²) in [5.41, 5.74) is 10.6. The van der Waals surface area contributed by atoms with Gasteiger partial charge in [0.2, 0.25) is 0 Å². The molecule has 1 aromatic heterocycles. The number of aromatic amines is 1.